The summed E-state index contributed by atoms with van der Waals surface area (Å²) in [7, 11) is 0. The second-order valence-corrected chi connectivity index (χ2v) is 4.70. The van der Waals surface area contributed by atoms with Crippen molar-refractivity contribution in [2.45, 2.75) is 32.4 Å². The van der Waals surface area contributed by atoms with Gasteiger partial charge in [-0.3, -0.25) is 9.88 Å². The third kappa shape index (κ3) is 3.03. The monoisotopic (exact) mass is 220 g/mol. The van der Waals surface area contributed by atoms with Gasteiger partial charge in [0.15, 0.2) is 0 Å². The molecule has 16 heavy (non-hydrogen) atoms. The maximum Gasteiger partial charge on any atom is 0.0552 e. The molecule has 1 aromatic rings. The Hall–Kier alpha value is -0.930. The maximum atomic E-state index is 9.62. The van der Waals surface area contributed by atoms with E-state index < -0.39 is 0 Å². The maximum absolute atomic E-state index is 9.62. The Balaban J connectivity index is 1.90. The van der Waals surface area contributed by atoms with Gasteiger partial charge in [0, 0.05) is 19.3 Å². The SMILES string of the molecule is CC(O)C1CCCN(Cc2ccccn2)C1. The topological polar surface area (TPSA) is 36.4 Å². The van der Waals surface area contributed by atoms with Crippen LogP contribution in [0.15, 0.2) is 24.4 Å². The quantitative estimate of drug-likeness (QED) is 0.842. The highest BCUT2D eigenvalue weighted by Crippen LogP contribution is 2.20. The lowest BCUT2D eigenvalue weighted by molar-refractivity contribution is 0.0594. The van der Waals surface area contributed by atoms with E-state index in [0.29, 0.717) is 5.92 Å². The van der Waals surface area contributed by atoms with Crippen molar-refractivity contribution in [1.82, 2.24) is 9.88 Å². The van der Waals surface area contributed by atoms with Crippen molar-refractivity contribution in [3.05, 3.63) is 30.1 Å². The molecule has 0 amide bonds. The lowest BCUT2D eigenvalue weighted by Crippen LogP contribution is -2.39. The summed E-state index contributed by atoms with van der Waals surface area (Å²) in [6.07, 6.45) is 3.98. The number of likely N-dealkylation sites (tertiary alicyclic amines) is 1. The fourth-order valence-corrected chi connectivity index (χ4v) is 2.35. The van der Waals surface area contributed by atoms with E-state index in [1.165, 1.54) is 6.42 Å². The van der Waals surface area contributed by atoms with E-state index in [2.05, 4.69) is 16.0 Å². The first kappa shape index (κ1) is 11.6. The normalized spacial score (nSPS) is 24.2. The molecule has 0 bridgehead atoms. The van der Waals surface area contributed by atoms with Gasteiger partial charge in [-0.1, -0.05) is 6.07 Å². The van der Waals surface area contributed by atoms with E-state index in [4.69, 9.17) is 0 Å². The Morgan fingerprint density at radius 3 is 3.12 bits per heavy atom. The molecule has 2 unspecified atom stereocenters. The zero-order chi connectivity index (χ0) is 11.4. The van der Waals surface area contributed by atoms with Crippen LogP contribution in [0.5, 0.6) is 0 Å². The second-order valence-electron chi connectivity index (χ2n) is 4.70. The van der Waals surface area contributed by atoms with Crippen LogP contribution in [0.4, 0.5) is 0 Å². The summed E-state index contributed by atoms with van der Waals surface area (Å²) in [6.45, 7) is 4.92. The molecule has 2 heterocycles. The fraction of sp³-hybridized carbons (Fsp3) is 0.615. The Bertz CT molecular complexity index is 313. The summed E-state index contributed by atoms with van der Waals surface area (Å²) in [5, 5.41) is 9.62. The Morgan fingerprint density at radius 1 is 1.56 bits per heavy atom. The van der Waals surface area contributed by atoms with E-state index in [1.807, 2.05) is 25.3 Å². The van der Waals surface area contributed by atoms with Crippen molar-refractivity contribution in [1.29, 1.82) is 0 Å². The lowest BCUT2D eigenvalue weighted by Gasteiger charge is -2.33. The molecular weight excluding hydrogens is 200 g/mol. The molecule has 88 valence electrons. The molecular formula is C13H20N2O. The highest BCUT2D eigenvalue weighted by atomic mass is 16.3. The minimum absolute atomic E-state index is 0.188. The minimum Gasteiger partial charge on any atom is -0.393 e. The minimum atomic E-state index is -0.188. The number of hydrogen-bond acceptors (Lipinski definition) is 3. The Morgan fingerprint density at radius 2 is 2.44 bits per heavy atom. The Kier molecular flexibility index (Phi) is 3.91. The lowest BCUT2D eigenvalue weighted by atomic mass is 9.93. The standard InChI is InChI=1S/C13H20N2O/c1-11(16)12-5-4-8-15(9-12)10-13-6-2-3-7-14-13/h2-3,6-7,11-12,16H,4-5,8-10H2,1H3. The molecule has 1 aliphatic rings. The number of hydrogen-bond donors (Lipinski definition) is 1. The molecule has 0 spiro atoms. The molecule has 0 radical (unpaired) electrons. The van der Waals surface area contributed by atoms with Crippen molar-refractivity contribution >= 4 is 0 Å². The van der Waals surface area contributed by atoms with Crippen molar-refractivity contribution in [3.63, 3.8) is 0 Å². The Labute approximate surface area is 97.1 Å². The largest absolute Gasteiger partial charge is 0.393 e. The van der Waals surface area contributed by atoms with E-state index in [-0.39, 0.29) is 6.10 Å². The van der Waals surface area contributed by atoms with Crippen LogP contribution in [-0.2, 0) is 6.54 Å². The number of rotatable bonds is 3. The average molecular weight is 220 g/mol. The summed E-state index contributed by atoms with van der Waals surface area (Å²) in [5.41, 5.74) is 1.12. The van der Waals surface area contributed by atoms with Crippen LogP contribution in [0, 0.1) is 5.92 Å². The number of aliphatic hydroxyl groups excluding tert-OH is 1. The van der Waals surface area contributed by atoms with Gasteiger partial charge in [0.2, 0.25) is 0 Å². The number of pyridine rings is 1. The molecule has 1 aliphatic heterocycles. The van der Waals surface area contributed by atoms with Crippen LogP contribution >= 0.6 is 0 Å². The highest BCUT2D eigenvalue weighted by molar-refractivity contribution is 5.03. The number of nitrogens with zero attached hydrogens (tertiary/aromatic N) is 2. The van der Waals surface area contributed by atoms with Gasteiger partial charge in [-0.25, -0.2) is 0 Å². The molecule has 0 aliphatic carbocycles. The molecule has 2 atom stereocenters. The van der Waals surface area contributed by atoms with E-state index >= 15 is 0 Å². The molecule has 3 heteroatoms. The van der Waals surface area contributed by atoms with E-state index in [0.717, 1.165) is 31.7 Å². The van der Waals surface area contributed by atoms with Crippen molar-refractivity contribution in [2.75, 3.05) is 13.1 Å². The molecule has 1 saturated heterocycles. The van der Waals surface area contributed by atoms with Crippen molar-refractivity contribution < 1.29 is 5.11 Å². The van der Waals surface area contributed by atoms with Crippen LogP contribution in [0.3, 0.4) is 0 Å². The first-order chi connectivity index (χ1) is 7.75. The predicted octanol–water partition coefficient (Wildman–Crippen LogP) is 1.67. The summed E-state index contributed by atoms with van der Waals surface area (Å²) >= 11 is 0. The average Bonchev–Trinajstić information content (AvgIpc) is 2.30. The van der Waals surface area contributed by atoms with Crippen molar-refractivity contribution in [2.24, 2.45) is 5.92 Å². The molecule has 3 nitrogen and oxygen atoms in total. The van der Waals surface area contributed by atoms with Crippen LogP contribution in [-0.4, -0.2) is 34.2 Å². The molecule has 0 aromatic carbocycles. The first-order valence-electron chi connectivity index (χ1n) is 6.06. The highest BCUT2D eigenvalue weighted by Gasteiger charge is 2.23. The van der Waals surface area contributed by atoms with Gasteiger partial charge in [0.05, 0.1) is 11.8 Å². The van der Waals surface area contributed by atoms with Gasteiger partial charge in [-0.05, 0) is 44.4 Å². The van der Waals surface area contributed by atoms with Gasteiger partial charge in [-0.15, -0.1) is 0 Å². The van der Waals surface area contributed by atoms with Crippen LogP contribution < -0.4 is 0 Å². The molecule has 1 fully saturated rings. The van der Waals surface area contributed by atoms with Gasteiger partial charge >= 0.3 is 0 Å². The first-order valence-corrected chi connectivity index (χ1v) is 6.06. The third-order valence-electron chi connectivity index (χ3n) is 3.34. The summed E-state index contributed by atoms with van der Waals surface area (Å²) in [5.74, 6) is 0.428. The fourth-order valence-electron chi connectivity index (χ4n) is 2.35. The van der Waals surface area contributed by atoms with Crippen molar-refractivity contribution in [3.8, 4) is 0 Å². The van der Waals surface area contributed by atoms with E-state index in [9.17, 15) is 5.11 Å². The van der Waals surface area contributed by atoms with E-state index in [1.54, 1.807) is 0 Å². The zero-order valence-corrected chi connectivity index (χ0v) is 9.84. The number of aromatic nitrogens is 1. The summed E-state index contributed by atoms with van der Waals surface area (Å²) in [6, 6.07) is 6.03. The van der Waals surface area contributed by atoms with Gasteiger partial charge in [0.1, 0.15) is 0 Å². The van der Waals surface area contributed by atoms with Gasteiger partial charge in [-0.2, -0.15) is 0 Å². The number of aliphatic hydroxyl groups is 1. The molecule has 2 rings (SSSR count). The van der Waals surface area contributed by atoms with Crippen LogP contribution in [0.25, 0.3) is 0 Å². The van der Waals surface area contributed by atoms with Gasteiger partial charge < -0.3 is 5.11 Å². The van der Waals surface area contributed by atoms with Crippen LogP contribution in [0.2, 0.25) is 0 Å². The summed E-state index contributed by atoms with van der Waals surface area (Å²) in [4.78, 5) is 6.73. The summed E-state index contributed by atoms with van der Waals surface area (Å²) < 4.78 is 0. The van der Waals surface area contributed by atoms with Gasteiger partial charge in [0.25, 0.3) is 0 Å². The smallest absolute Gasteiger partial charge is 0.0552 e. The zero-order valence-electron chi connectivity index (χ0n) is 9.84. The molecule has 1 aromatic heterocycles. The molecule has 1 N–H and O–H groups in total. The second kappa shape index (κ2) is 5.41. The number of piperidine rings is 1. The predicted molar refractivity (Wildman–Crippen MR) is 63.9 cm³/mol. The molecule has 0 saturated carbocycles. The van der Waals surface area contributed by atoms with Crippen LogP contribution in [0.1, 0.15) is 25.5 Å². The third-order valence-corrected chi connectivity index (χ3v) is 3.34.